The van der Waals surface area contributed by atoms with Gasteiger partial charge in [0.25, 0.3) is 11.8 Å². The summed E-state index contributed by atoms with van der Waals surface area (Å²) in [6.45, 7) is 0. The van der Waals surface area contributed by atoms with Crippen molar-refractivity contribution in [1.29, 1.82) is 0 Å². The number of nitrogens with zero attached hydrogens (tertiary/aromatic N) is 1. The Morgan fingerprint density at radius 1 is 0.833 bits per heavy atom. The van der Waals surface area contributed by atoms with Crippen LogP contribution in [0.1, 0.15) is 21.5 Å². The number of benzene rings is 3. The summed E-state index contributed by atoms with van der Waals surface area (Å²) in [5, 5.41) is 6.65. The minimum atomic E-state index is -0.534. The fourth-order valence-electron chi connectivity index (χ4n) is 2.57. The van der Waals surface area contributed by atoms with Gasteiger partial charge in [-0.25, -0.2) is 5.43 Å². The van der Waals surface area contributed by atoms with E-state index in [9.17, 15) is 9.59 Å². The van der Waals surface area contributed by atoms with Gasteiger partial charge in [0.1, 0.15) is 11.4 Å². The fraction of sp³-hybridized carbons (Fsp3) is 0.0417. The van der Waals surface area contributed by atoms with Crippen molar-refractivity contribution in [2.75, 3.05) is 7.11 Å². The van der Waals surface area contributed by atoms with E-state index in [2.05, 4.69) is 15.8 Å². The highest BCUT2D eigenvalue weighted by atomic mass is 16.5. The molecule has 0 bridgehead atoms. The van der Waals surface area contributed by atoms with Crippen molar-refractivity contribution in [2.24, 2.45) is 5.10 Å². The van der Waals surface area contributed by atoms with Gasteiger partial charge < -0.3 is 10.1 Å². The first-order chi connectivity index (χ1) is 14.7. The summed E-state index contributed by atoms with van der Waals surface area (Å²) in [4.78, 5) is 25.2. The van der Waals surface area contributed by atoms with Gasteiger partial charge in [0.15, 0.2) is 0 Å². The van der Waals surface area contributed by atoms with Crippen molar-refractivity contribution in [3.05, 3.63) is 107 Å². The first-order valence-electron chi connectivity index (χ1n) is 9.26. The molecular weight excluding hydrogens is 378 g/mol. The van der Waals surface area contributed by atoms with E-state index in [0.717, 1.165) is 16.9 Å². The minimum Gasteiger partial charge on any atom is -0.497 e. The highest BCUT2D eigenvalue weighted by Gasteiger charge is 2.14. The largest absolute Gasteiger partial charge is 0.497 e. The molecule has 0 aliphatic carbocycles. The van der Waals surface area contributed by atoms with Crippen LogP contribution in [0.15, 0.2) is 95.7 Å². The quantitative estimate of drug-likeness (QED) is 0.362. The molecular formula is C24H21N3O3. The van der Waals surface area contributed by atoms with Crippen LogP contribution < -0.4 is 15.5 Å². The van der Waals surface area contributed by atoms with Gasteiger partial charge in [0.2, 0.25) is 0 Å². The molecule has 3 rings (SSSR count). The number of nitrogens with one attached hydrogen (secondary N) is 2. The number of carbonyl (C=O) groups is 2. The monoisotopic (exact) mass is 399 g/mol. The zero-order valence-corrected chi connectivity index (χ0v) is 16.4. The van der Waals surface area contributed by atoms with Crippen LogP contribution in [-0.4, -0.2) is 25.1 Å². The van der Waals surface area contributed by atoms with Crippen LogP contribution in [0.4, 0.5) is 0 Å². The molecule has 0 aliphatic heterocycles. The van der Waals surface area contributed by atoms with Crippen LogP contribution in [0, 0.1) is 0 Å². The summed E-state index contributed by atoms with van der Waals surface area (Å²) in [6.07, 6.45) is 3.11. The van der Waals surface area contributed by atoms with Crippen LogP contribution in [0.3, 0.4) is 0 Å². The SMILES string of the molecule is COc1ccc(/C=N\NC(=O)/C(=C/c2ccccc2)NC(=O)c2ccccc2)cc1. The molecule has 6 nitrogen and oxygen atoms in total. The summed E-state index contributed by atoms with van der Waals surface area (Å²) in [6, 6.07) is 25.1. The number of hydrogen-bond donors (Lipinski definition) is 2. The molecule has 0 atom stereocenters. The Labute approximate surface area is 174 Å². The van der Waals surface area contributed by atoms with Gasteiger partial charge in [0.05, 0.1) is 13.3 Å². The third kappa shape index (κ3) is 5.90. The molecule has 0 spiro atoms. The van der Waals surface area contributed by atoms with Gasteiger partial charge in [-0.1, -0.05) is 48.5 Å². The molecule has 2 N–H and O–H groups in total. The maximum absolute atomic E-state index is 12.7. The van der Waals surface area contributed by atoms with E-state index in [1.54, 1.807) is 49.6 Å². The average molecular weight is 399 g/mol. The lowest BCUT2D eigenvalue weighted by Gasteiger charge is -2.09. The van der Waals surface area contributed by atoms with Crippen LogP contribution in [0.25, 0.3) is 6.08 Å². The molecule has 6 heteroatoms. The summed E-state index contributed by atoms with van der Waals surface area (Å²) >= 11 is 0. The predicted octanol–water partition coefficient (Wildman–Crippen LogP) is 3.62. The lowest BCUT2D eigenvalue weighted by atomic mass is 10.1. The number of hydrazone groups is 1. The van der Waals surface area contributed by atoms with Crippen LogP contribution >= 0.6 is 0 Å². The standard InChI is InChI=1S/C24H21N3O3/c1-30-21-14-12-19(13-15-21)17-25-27-24(29)22(16-18-8-4-2-5-9-18)26-23(28)20-10-6-3-7-11-20/h2-17H,1H3,(H,26,28)(H,27,29)/b22-16-,25-17-. The Kier molecular flexibility index (Phi) is 7.11. The molecule has 3 aromatic rings. The molecule has 0 fully saturated rings. The zero-order valence-electron chi connectivity index (χ0n) is 16.4. The number of rotatable bonds is 7. The maximum atomic E-state index is 12.7. The van der Waals surface area contributed by atoms with Crippen molar-refractivity contribution < 1.29 is 14.3 Å². The molecule has 2 amide bonds. The Balaban J connectivity index is 1.75. The molecule has 0 aromatic heterocycles. The Morgan fingerprint density at radius 2 is 1.47 bits per heavy atom. The summed E-state index contributed by atoms with van der Waals surface area (Å²) in [5.74, 6) is -0.187. The first kappa shape index (κ1) is 20.5. The van der Waals surface area contributed by atoms with Crippen molar-refractivity contribution in [3.8, 4) is 5.75 Å². The third-order valence-electron chi connectivity index (χ3n) is 4.13. The smallest absolute Gasteiger partial charge is 0.287 e. The van der Waals surface area contributed by atoms with Gasteiger partial charge in [-0.2, -0.15) is 5.10 Å². The number of methoxy groups -OCH3 is 1. The highest BCUT2D eigenvalue weighted by molar-refractivity contribution is 6.05. The molecule has 0 saturated carbocycles. The minimum absolute atomic E-state index is 0.0851. The number of carbonyl (C=O) groups excluding carboxylic acids is 2. The van der Waals surface area contributed by atoms with Crippen LogP contribution in [0.2, 0.25) is 0 Å². The summed E-state index contributed by atoms with van der Waals surface area (Å²) < 4.78 is 5.11. The van der Waals surface area contributed by atoms with Gasteiger partial charge in [0, 0.05) is 5.56 Å². The third-order valence-corrected chi connectivity index (χ3v) is 4.13. The van der Waals surface area contributed by atoms with E-state index in [-0.39, 0.29) is 11.6 Å². The second-order valence-corrected chi connectivity index (χ2v) is 6.26. The molecule has 0 radical (unpaired) electrons. The van der Waals surface area contributed by atoms with E-state index >= 15 is 0 Å². The Hall–Kier alpha value is -4.19. The molecule has 0 unspecified atom stereocenters. The topological polar surface area (TPSA) is 79.8 Å². The van der Waals surface area contributed by atoms with Gasteiger partial charge in [-0.05, 0) is 53.6 Å². The number of hydrogen-bond acceptors (Lipinski definition) is 4. The maximum Gasteiger partial charge on any atom is 0.287 e. The average Bonchev–Trinajstić information content (AvgIpc) is 2.80. The van der Waals surface area contributed by atoms with Crippen molar-refractivity contribution >= 4 is 24.1 Å². The zero-order chi connectivity index (χ0) is 21.2. The molecule has 0 saturated heterocycles. The van der Waals surface area contributed by atoms with E-state index < -0.39 is 5.91 Å². The van der Waals surface area contributed by atoms with Crippen molar-refractivity contribution in [3.63, 3.8) is 0 Å². The predicted molar refractivity (Wildman–Crippen MR) is 117 cm³/mol. The van der Waals surface area contributed by atoms with E-state index in [0.29, 0.717) is 5.56 Å². The number of ether oxygens (including phenoxy) is 1. The van der Waals surface area contributed by atoms with Gasteiger partial charge in [-0.15, -0.1) is 0 Å². The second-order valence-electron chi connectivity index (χ2n) is 6.26. The molecule has 0 aliphatic rings. The Morgan fingerprint density at radius 3 is 2.10 bits per heavy atom. The van der Waals surface area contributed by atoms with Gasteiger partial charge in [-0.3, -0.25) is 9.59 Å². The Bertz CT molecular complexity index is 1040. The van der Waals surface area contributed by atoms with Crippen molar-refractivity contribution in [1.82, 2.24) is 10.7 Å². The lowest BCUT2D eigenvalue weighted by molar-refractivity contribution is -0.117. The molecule has 30 heavy (non-hydrogen) atoms. The normalized spacial score (nSPS) is 11.2. The molecule has 0 heterocycles. The van der Waals surface area contributed by atoms with Crippen LogP contribution in [-0.2, 0) is 4.79 Å². The highest BCUT2D eigenvalue weighted by Crippen LogP contribution is 2.10. The summed E-state index contributed by atoms with van der Waals surface area (Å²) in [5.41, 5.74) is 4.55. The lowest BCUT2D eigenvalue weighted by Crippen LogP contribution is -2.32. The van der Waals surface area contributed by atoms with Crippen molar-refractivity contribution in [2.45, 2.75) is 0 Å². The van der Waals surface area contributed by atoms with E-state index in [4.69, 9.17) is 4.74 Å². The fourth-order valence-corrected chi connectivity index (χ4v) is 2.57. The second kappa shape index (κ2) is 10.4. The van der Waals surface area contributed by atoms with Gasteiger partial charge >= 0.3 is 0 Å². The molecule has 150 valence electrons. The van der Waals surface area contributed by atoms with E-state index in [1.165, 1.54) is 6.21 Å². The van der Waals surface area contributed by atoms with E-state index in [1.807, 2.05) is 48.5 Å². The number of amides is 2. The summed E-state index contributed by atoms with van der Waals surface area (Å²) in [7, 11) is 1.59. The molecule has 3 aromatic carbocycles. The van der Waals surface area contributed by atoms with Crippen LogP contribution in [0.5, 0.6) is 5.75 Å². The first-order valence-corrected chi connectivity index (χ1v) is 9.26.